The van der Waals surface area contributed by atoms with Crippen molar-refractivity contribution in [2.75, 3.05) is 11.9 Å². The molecule has 25 heavy (non-hydrogen) atoms. The van der Waals surface area contributed by atoms with Gasteiger partial charge in [-0.2, -0.15) is 0 Å². The van der Waals surface area contributed by atoms with E-state index in [-0.39, 0.29) is 17.7 Å². The number of rotatable bonds is 4. The van der Waals surface area contributed by atoms with E-state index in [1.165, 1.54) is 0 Å². The average Bonchev–Trinajstić information content (AvgIpc) is 3.45. The highest BCUT2D eigenvalue weighted by Crippen LogP contribution is 2.27. The molecule has 1 heterocycles. The topological polar surface area (TPSA) is 67.4 Å². The van der Waals surface area contributed by atoms with Gasteiger partial charge in [0.15, 0.2) is 0 Å². The van der Waals surface area contributed by atoms with Crippen LogP contribution in [0.3, 0.4) is 0 Å². The molecule has 2 aromatic rings. The second-order valence-electron chi connectivity index (χ2n) is 6.64. The van der Waals surface area contributed by atoms with Gasteiger partial charge in [-0.25, -0.2) is 0 Å². The van der Waals surface area contributed by atoms with E-state index in [9.17, 15) is 9.59 Å². The first-order valence-electron chi connectivity index (χ1n) is 8.61. The summed E-state index contributed by atoms with van der Waals surface area (Å²) in [6, 6.07) is 15.1. The van der Waals surface area contributed by atoms with E-state index in [4.69, 9.17) is 4.74 Å². The lowest BCUT2D eigenvalue weighted by Crippen LogP contribution is -2.32. The quantitative estimate of drug-likeness (QED) is 0.902. The zero-order valence-corrected chi connectivity index (χ0v) is 13.8. The van der Waals surface area contributed by atoms with Crippen molar-refractivity contribution in [1.82, 2.24) is 5.32 Å². The molecule has 2 N–H and O–H groups in total. The standard InChI is InChI=1S/C20H20N2O3/c23-19(21-16-8-9-16)14-5-3-6-17(11-14)22-20(24)15-10-13-4-1-2-7-18(13)25-12-15/h1-7,11,15-16H,8-10,12H2,(H,21,23)(H,22,24). The predicted molar refractivity (Wildman–Crippen MR) is 94.7 cm³/mol. The molecule has 0 radical (unpaired) electrons. The Morgan fingerprint density at radius 3 is 2.72 bits per heavy atom. The molecule has 1 unspecified atom stereocenters. The number of carbonyl (C=O) groups is 2. The SMILES string of the molecule is O=C(NC1CC1)c1cccc(NC(=O)C2COc3ccccc3C2)c1. The molecular formula is C20H20N2O3. The normalized spacial score (nSPS) is 18.6. The van der Waals surface area contributed by atoms with Crippen LogP contribution in [-0.4, -0.2) is 24.5 Å². The van der Waals surface area contributed by atoms with Crippen molar-refractivity contribution in [3.8, 4) is 5.75 Å². The van der Waals surface area contributed by atoms with Crippen LogP contribution in [0.5, 0.6) is 5.75 Å². The first kappa shape index (κ1) is 15.7. The van der Waals surface area contributed by atoms with E-state index in [1.54, 1.807) is 24.3 Å². The number of hydrogen-bond acceptors (Lipinski definition) is 3. The largest absolute Gasteiger partial charge is 0.492 e. The van der Waals surface area contributed by atoms with Crippen LogP contribution in [-0.2, 0) is 11.2 Å². The number of fused-ring (bicyclic) bond motifs is 1. The highest BCUT2D eigenvalue weighted by molar-refractivity contribution is 5.98. The number of benzene rings is 2. The van der Waals surface area contributed by atoms with Crippen LogP contribution in [0.2, 0.25) is 0 Å². The van der Waals surface area contributed by atoms with E-state index >= 15 is 0 Å². The number of carbonyl (C=O) groups excluding carboxylic acids is 2. The molecule has 1 aliphatic heterocycles. The molecule has 2 aromatic carbocycles. The molecule has 1 aliphatic carbocycles. The van der Waals surface area contributed by atoms with Gasteiger partial charge in [-0.15, -0.1) is 0 Å². The molecule has 1 saturated carbocycles. The van der Waals surface area contributed by atoms with Crippen LogP contribution in [0, 0.1) is 5.92 Å². The first-order chi connectivity index (χ1) is 12.2. The predicted octanol–water partition coefficient (Wildman–Crippen LogP) is 2.77. The van der Waals surface area contributed by atoms with Crippen LogP contribution in [0.4, 0.5) is 5.69 Å². The molecule has 1 fully saturated rings. The van der Waals surface area contributed by atoms with Crippen molar-refractivity contribution in [3.63, 3.8) is 0 Å². The summed E-state index contributed by atoms with van der Waals surface area (Å²) in [5, 5.41) is 5.86. The van der Waals surface area contributed by atoms with E-state index in [1.807, 2.05) is 24.3 Å². The fraction of sp³-hybridized carbons (Fsp3) is 0.300. The van der Waals surface area contributed by atoms with Crippen molar-refractivity contribution >= 4 is 17.5 Å². The summed E-state index contributed by atoms with van der Waals surface area (Å²) >= 11 is 0. The van der Waals surface area contributed by atoms with Crippen molar-refractivity contribution < 1.29 is 14.3 Å². The number of ether oxygens (including phenoxy) is 1. The van der Waals surface area contributed by atoms with Crippen LogP contribution in [0.15, 0.2) is 48.5 Å². The zero-order chi connectivity index (χ0) is 17.2. The smallest absolute Gasteiger partial charge is 0.251 e. The summed E-state index contributed by atoms with van der Waals surface area (Å²) in [7, 11) is 0. The third kappa shape index (κ3) is 3.65. The summed E-state index contributed by atoms with van der Waals surface area (Å²) in [4.78, 5) is 24.7. The highest BCUT2D eigenvalue weighted by Gasteiger charge is 2.26. The minimum absolute atomic E-state index is 0.0887. The molecular weight excluding hydrogens is 316 g/mol. The summed E-state index contributed by atoms with van der Waals surface area (Å²) in [5.74, 6) is 0.437. The molecule has 1 atom stereocenters. The molecule has 0 aromatic heterocycles. The Labute approximate surface area is 146 Å². The van der Waals surface area contributed by atoms with Crippen LogP contribution in [0.1, 0.15) is 28.8 Å². The molecule has 5 nitrogen and oxygen atoms in total. The summed E-state index contributed by atoms with van der Waals surface area (Å²) in [5.41, 5.74) is 2.24. The Bertz CT molecular complexity index is 814. The maximum absolute atomic E-state index is 12.6. The maximum Gasteiger partial charge on any atom is 0.251 e. The summed E-state index contributed by atoms with van der Waals surface area (Å²) in [6.45, 7) is 0.366. The minimum Gasteiger partial charge on any atom is -0.492 e. The number of nitrogens with one attached hydrogen (secondary N) is 2. The Morgan fingerprint density at radius 2 is 1.88 bits per heavy atom. The summed E-state index contributed by atoms with van der Waals surface area (Å²) in [6.07, 6.45) is 2.75. The van der Waals surface area contributed by atoms with Crippen LogP contribution in [0.25, 0.3) is 0 Å². The van der Waals surface area contributed by atoms with Crippen LogP contribution < -0.4 is 15.4 Å². The highest BCUT2D eigenvalue weighted by atomic mass is 16.5. The van der Waals surface area contributed by atoms with Gasteiger partial charge in [0.1, 0.15) is 12.4 Å². The number of amides is 2. The van der Waals surface area contributed by atoms with Gasteiger partial charge in [0, 0.05) is 17.3 Å². The maximum atomic E-state index is 12.6. The van der Waals surface area contributed by atoms with Gasteiger partial charge in [0.05, 0.1) is 5.92 Å². The molecule has 128 valence electrons. The molecule has 2 aliphatic rings. The first-order valence-corrected chi connectivity index (χ1v) is 8.61. The fourth-order valence-electron chi connectivity index (χ4n) is 2.98. The Morgan fingerprint density at radius 1 is 1.04 bits per heavy atom. The third-order valence-corrected chi connectivity index (χ3v) is 4.55. The molecule has 5 heteroatoms. The zero-order valence-electron chi connectivity index (χ0n) is 13.8. The number of anilines is 1. The molecule has 2 amide bonds. The van der Waals surface area contributed by atoms with Gasteiger partial charge >= 0.3 is 0 Å². The second kappa shape index (κ2) is 6.59. The molecule has 4 rings (SSSR count). The van der Waals surface area contributed by atoms with E-state index < -0.39 is 0 Å². The Hall–Kier alpha value is -2.82. The Balaban J connectivity index is 1.42. The van der Waals surface area contributed by atoms with Gasteiger partial charge in [-0.05, 0) is 49.1 Å². The van der Waals surface area contributed by atoms with Crippen molar-refractivity contribution in [2.24, 2.45) is 5.92 Å². The van der Waals surface area contributed by atoms with Crippen LogP contribution >= 0.6 is 0 Å². The average molecular weight is 336 g/mol. The second-order valence-corrected chi connectivity index (χ2v) is 6.64. The van der Waals surface area contributed by atoms with Gasteiger partial charge in [0.2, 0.25) is 5.91 Å². The monoisotopic (exact) mass is 336 g/mol. The lowest BCUT2D eigenvalue weighted by Gasteiger charge is -2.24. The number of hydrogen-bond donors (Lipinski definition) is 2. The van der Waals surface area contributed by atoms with Gasteiger partial charge in [0.25, 0.3) is 5.91 Å². The molecule has 0 spiro atoms. The lowest BCUT2D eigenvalue weighted by molar-refractivity contribution is -0.121. The Kier molecular flexibility index (Phi) is 4.14. The number of para-hydroxylation sites is 1. The fourth-order valence-corrected chi connectivity index (χ4v) is 2.98. The van der Waals surface area contributed by atoms with Crippen molar-refractivity contribution in [3.05, 3.63) is 59.7 Å². The third-order valence-electron chi connectivity index (χ3n) is 4.55. The van der Waals surface area contributed by atoms with E-state index in [0.717, 1.165) is 24.2 Å². The van der Waals surface area contributed by atoms with Crippen molar-refractivity contribution in [2.45, 2.75) is 25.3 Å². The van der Waals surface area contributed by atoms with E-state index in [2.05, 4.69) is 10.6 Å². The minimum atomic E-state index is -0.237. The van der Waals surface area contributed by atoms with Gasteiger partial charge in [-0.3, -0.25) is 9.59 Å². The molecule has 0 saturated heterocycles. The molecule has 0 bridgehead atoms. The van der Waals surface area contributed by atoms with E-state index in [0.29, 0.717) is 30.3 Å². The lowest BCUT2D eigenvalue weighted by atomic mass is 9.96. The van der Waals surface area contributed by atoms with Gasteiger partial charge < -0.3 is 15.4 Å². The van der Waals surface area contributed by atoms with Gasteiger partial charge in [-0.1, -0.05) is 24.3 Å². The summed E-state index contributed by atoms with van der Waals surface area (Å²) < 4.78 is 5.68. The van der Waals surface area contributed by atoms with Crippen molar-refractivity contribution in [1.29, 1.82) is 0 Å².